The predicted molar refractivity (Wildman–Crippen MR) is 42.8 cm³/mol. The van der Waals surface area contributed by atoms with Gasteiger partial charge in [0.15, 0.2) is 0 Å². The number of halogens is 11. The van der Waals surface area contributed by atoms with Crippen LogP contribution < -0.4 is 0 Å². The number of hydrogen-bond acceptors (Lipinski definition) is 2. The number of ether oxygens (including phenoxy) is 1. The minimum absolute atomic E-state index is 0.782. The quantitative estimate of drug-likeness (QED) is 0.441. The minimum atomic E-state index is -6.50. The van der Waals surface area contributed by atoms with Crippen LogP contribution in [0, 0.1) is 0 Å². The van der Waals surface area contributed by atoms with E-state index in [4.69, 9.17) is 0 Å². The van der Waals surface area contributed by atoms with Crippen molar-refractivity contribution in [2.45, 2.75) is 36.5 Å². The van der Waals surface area contributed by atoms with E-state index in [-0.39, 0.29) is 0 Å². The lowest BCUT2D eigenvalue weighted by molar-refractivity contribution is -0.574. The van der Waals surface area contributed by atoms with Gasteiger partial charge in [-0.3, -0.25) is 0 Å². The number of nitrogens with zero attached hydrogens (tertiary/aromatic N) is 1. The van der Waals surface area contributed by atoms with Gasteiger partial charge in [-0.2, -0.15) is 43.9 Å². The zero-order chi connectivity index (χ0) is 17.1. The second-order valence-electron chi connectivity index (χ2n) is 3.80. The molecule has 0 amide bonds. The summed E-state index contributed by atoms with van der Waals surface area (Å²) in [5, 5.41) is 0. The Hall–Kier alpha value is -1.11. The van der Waals surface area contributed by atoms with Gasteiger partial charge in [0.25, 0.3) is 0 Å². The Labute approximate surface area is 108 Å². The topological polar surface area (TPSA) is 12.5 Å². The van der Waals surface area contributed by atoms with E-state index in [1.807, 2.05) is 4.74 Å². The van der Waals surface area contributed by atoms with Crippen molar-refractivity contribution in [3.05, 3.63) is 12.7 Å². The van der Waals surface area contributed by atoms with Crippen molar-refractivity contribution >= 4 is 0 Å². The van der Waals surface area contributed by atoms with Gasteiger partial charge in [-0.25, -0.2) is 9.13 Å². The van der Waals surface area contributed by atoms with Gasteiger partial charge in [-0.1, -0.05) is 6.58 Å². The van der Waals surface area contributed by atoms with Gasteiger partial charge in [-0.15, -0.1) is 4.90 Å². The average molecular weight is 339 g/mol. The summed E-state index contributed by atoms with van der Waals surface area (Å²) in [5.74, 6) is -5.25. The SMILES string of the molecule is C=CC(F)(F)C(F)N1C(F)(F)C(F)(F)OC(F)(F)C1(F)F. The first-order valence-corrected chi connectivity index (χ1v) is 4.71. The number of morpholine rings is 1. The van der Waals surface area contributed by atoms with E-state index in [1.54, 1.807) is 0 Å². The molecule has 0 aromatic heterocycles. The lowest BCUT2D eigenvalue weighted by Crippen LogP contribution is -2.76. The first kappa shape index (κ1) is 17.9. The lowest BCUT2D eigenvalue weighted by atomic mass is 10.2. The van der Waals surface area contributed by atoms with E-state index in [9.17, 15) is 48.3 Å². The largest absolute Gasteiger partial charge is 0.439 e. The molecule has 0 N–H and O–H groups in total. The molecule has 0 saturated carbocycles. The van der Waals surface area contributed by atoms with Gasteiger partial charge in [0.1, 0.15) is 0 Å². The maximum absolute atomic E-state index is 13.2. The Balaban J connectivity index is 3.51. The van der Waals surface area contributed by atoms with Gasteiger partial charge in [-0.05, 0) is 6.08 Å². The fourth-order valence-electron chi connectivity index (χ4n) is 1.29. The Morgan fingerprint density at radius 2 is 1.24 bits per heavy atom. The molecular weight excluding hydrogens is 335 g/mol. The minimum Gasteiger partial charge on any atom is -0.243 e. The van der Waals surface area contributed by atoms with E-state index < -0.39 is 47.5 Å². The standard InChI is InChI=1S/C8H4F11NO/c1-2-4(10,11)3(9)20-5(12,13)7(16,17)21-8(18,19)6(20,14)15/h2-3H,1H2. The van der Waals surface area contributed by atoms with Crippen LogP contribution in [0.5, 0.6) is 0 Å². The van der Waals surface area contributed by atoms with Crippen molar-refractivity contribution in [2.75, 3.05) is 0 Å². The number of hydrogen-bond donors (Lipinski definition) is 0. The van der Waals surface area contributed by atoms with Crippen molar-refractivity contribution in [1.82, 2.24) is 4.90 Å². The van der Waals surface area contributed by atoms with E-state index in [1.165, 1.54) is 0 Å². The van der Waals surface area contributed by atoms with Crippen molar-refractivity contribution < 1.29 is 53.0 Å². The van der Waals surface area contributed by atoms with Crippen LogP contribution in [0.15, 0.2) is 12.7 Å². The Bertz CT molecular complexity index is 408. The predicted octanol–water partition coefficient (Wildman–Crippen LogP) is 3.81. The fraction of sp³-hybridized carbons (Fsp3) is 0.750. The molecule has 0 aromatic rings. The zero-order valence-corrected chi connectivity index (χ0v) is 9.37. The molecule has 2 nitrogen and oxygen atoms in total. The molecule has 124 valence electrons. The molecule has 1 saturated heterocycles. The summed E-state index contributed by atoms with van der Waals surface area (Å²) in [7, 11) is 0. The third-order valence-electron chi connectivity index (χ3n) is 2.38. The summed E-state index contributed by atoms with van der Waals surface area (Å²) in [6, 6.07) is -13.0. The molecule has 0 radical (unpaired) electrons. The summed E-state index contributed by atoms with van der Waals surface area (Å²) in [6.45, 7) is 2.20. The second kappa shape index (κ2) is 4.44. The third kappa shape index (κ3) is 2.35. The average Bonchev–Trinajstić information content (AvgIpc) is 2.24. The maximum Gasteiger partial charge on any atom is 0.439 e. The highest BCUT2D eigenvalue weighted by molar-refractivity contribution is 5.02. The molecular formula is C8H4F11NO. The van der Waals surface area contributed by atoms with Crippen LogP contribution in [0.3, 0.4) is 0 Å². The number of rotatable bonds is 3. The van der Waals surface area contributed by atoms with Crippen molar-refractivity contribution in [3.63, 3.8) is 0 Å². The molecule has 0 aromatic carbocycles. The first-order chi connectivity index (χ1) is 9.04. The molecule has 21 heavy (non-hydrogen) atoms. The molecule has 1 atom stereocenters. The van der Waals surface area contributed by atoms with Gasteiger partial charge in [0.2, 0.25) is 6.30 Å². The van der Waals surface area contributed by atoms with E-state index in [0.717, 1.165) is 0 Å². The van der Waals surface area contributed by atoms with Crippen molar-refractivity contribution in [1.29, 1.82) is 0 Å². The smallest absolute Gasteiger partial charge is 0.243 e. The first-order valence-electron chi connectivity index (χ1n) is 4.71. The van der Waals surface area contributed by atoms with Crippen molar-refractivity contribution in [2.24, 2.45) is 0 Å². The fourth-order valence-corrected chi connectivity index (χ4v) is 1.29. The molecule has 1 aliphatic heterocycles. The van der Waals surface area contributed by atoms with E-state index in [0.29, 0.717) is 0 Å². The zero-order valence-electron chi connectivity index (χ0n) is 9.37. The van der Waals surface area contributed by atoms with Gasteiger partial charge in [0.05, 0.1) is 0 Å². The normalized spacial score (nSPS) is 28.9. The summed E-state index contributed by atoms with van der Waals surface area (Å²) in [6.07, 6.45) is -18.4. The molecule has 1 aliphatic rings. The van der Waals surface area contributed by atoms with Crippen LogP contribution >= 0.6 is 0 Å². The molecule has 1 unspecified atom stereocenters. The van der Waals surface area contributed by atoms with Crippen molar-refractivity contribution in [3.8, 4) is 0 Å². The van der Waals surface area contributed by atoms with Gasteiger partial charge < -0.3 is 0 Å². The highest BCUT2D eigenvalue weighted by Crippen LogP contribution is 2.57. The Kier molecular flexibility index (Phi) is 3.80. The molecule has 0 bridgehead atoms. The highest BCUT2D eigenvalue weighted by Gasteiger charge is 2.85. The van der Waals surface area contributed by atoms with Crippen LogP contribution in [0.1, 0.15) is 0 Å². The van der Waals surface area contributed by atoms with Gasteiger partial charge in [0, 0.05) is 0 Å². The number of alkyl halides is 11. The highest BCUT2D eigenvalue weighted by atomic mass is 19.4. The second-order valence-corrected chi connectivity index (χ2v) is 3.80. The van der Waals surface area contributed by atoms with E-state index in [2.05, 4.69) is 6.58 Å². The van der Waals surface area contributed by atoms with E-state index >= 15 is 0 Å². The Morgan fingerprint density at radius 1 is 0.905 bits per heavy atom. The molecule has 1 fully saturated rings. The monoisotopic (exact) mass is 339 g/mol. The molecule has 13 heteroatoms. The van der Waals surface area contributed by atoms with Crippen LogP contribution in [0.25, 0.3) is 0 Å². The molecule has 0 spiro atoms. The maximum atomic E-state index is 13.2. The van der Waals surface area contributed by atoms with Crippen LogP contribution in [-0.2, 0) is 4.74 Å². The summed E-state index contributed by atoms with van der Waals surface area (Å²) >= 11 is 0. The van der Waals surface area contributed by atoms with Crippen LogP contribution in [-0.4, -0.2) is 41.4 Å². The summed E-state index contributed by atoms with van der Waals surface area (Å²) < 4.78 is 143. The third-order valence-corrected chi connectivity index (χ3v) is 2.38. The van der Waals surface area contributed by atoms with Gasteiger partial charge >= 0.3 is 30.2 Å². The molecule has 1 heterocycles. The Morgan fingerprint density at radius 3 is 1.52 bits per heavy atom. The molecule has 1 rings (SSSR count). The van der Waals surface area contributed by atoms with Crippen LogP contribution in [0.4, 0.5) is 48.3 Å². The molecule has 0 aliphatic carbocycles. The van der Waals surface area contributed by atoms with Crippen LogP contribution in [0.2, 0.25) is 0 Å². The summed E-state index contributed by atoms with van der Waals surface area (Å²) in [4.78, 5) is -2.93. The summed E-state index contributed by atoms with van der Waals surface area (Å²) in [5.41, 5.74) is 0. The lowest BCUT2D eigenvalue weighted by Gasteiger charge is -2.48.